The van der Waals surface area contributed by atoms with Gasteiger partial charge in [0.05, 0.1) is 21.0 Å². The van der Waals surface area contributed by atoms with Crippen molar-refractivity contribution in [2.75, 3.05) is 5.32 Å². The fourth-order valence-electron chi connectivity index (χ4n) is 2.75. The maximum absolute atomic E-state index is 12.8. The molecule has 0 aliphatic carbocycles. The van der Waals surface area contributed by atoms with Gasteiger partial charge in [-0.1, -0.05) is 41.6 Å². The van der Waals surface area contributed by atoms with Crippen LogP contribution in [0.4, 0.5) is 30.5 Å². The Morgan fingerprint density at radius 3 is 2.56 bits per heavy atom. The summed E-state index contributed by atoms with van der Waals surface area (Å²) in [4.78, 5) is 27.6. The van der Waals surface area contributed by atoms with Crippen LogP contribution in [0.25, 0.3) is 10.9 Å². The molecule has 162 valence electrons. The molecule has 0 bridgehead atoms. The number of hydrogen-bond acceptors (Lipinski definition) is 8. The minimum absolute atomic E-state index is 0.00804. The van der Waals surface area contributed by atoms with Crippen molar-refractivity contribution in [2.45, 2.75) is 16.1 Å². The summed E-state index contributed by atoms with van der Waals surface area (Å²) < 4.78 is 38.5. The maximum atomic E-state index is 12.8. The summed E-state index contributed by atoms with van der Waals surface area (Å²) in [6.07, 6.45) is -1.37. The van der Waals surface area contributed by atoms with Crippen LogP contribution in [-0.4, -0.2) is 24.9 Å². The Kier molecular flexibility index (Phi) is 5.80. The summed E-state index contributed by atoms with van der Waals surface area (Å²) in [6.45, 7) is 0. The van der Waals surface area contributed by atoms with Gasteiger partial charge in [-0.25, -0.2) is 15.0 Å². The molecule has 0 aliphatic heterocycles. The summed E-state index contributed by atoms with van der Waals surface area (Å²) in [5.74, 6) is -0.487. The lowest BCUT2D eigenvalue weighted by atomic mass is 10.2. The molecule has 0 fully saturated rings. The molecule has 4 rings (SSSR count). The first kappa shape index (κ1) is 21.7. The second-order valence-corrected chi connectivity index (χ2v) is 7.68. The van der Waals surface area contributed by atoms with E-state index in [0.29, 0.717) is 22.7 Å². The zero-order chi connectivity index (χ0) is 22.9. The van der Waals surface area contributed by atoms with E-state index in [1.54, 1.807) is 24.4 Å². The third kappa shape index (κ3) is 4.41. The van der Waals surface area contributed by atoms with Crippen molar-refractivity contribution in [2.24, 2.45) is 0 Å². The Labute approximate surface area is 187 Å². The zero-order valence-corrected chi connectivity index (χ0v) is 17.2. The average molecular weight is 479 g/mol. The summed E-state index contributed by atoms with van der Waals surface area (Å²) in [5, 5.41) is 14.8. The second kappa shape index (κ2) is 8.55. The van der Waals surface area contributed by atoms with Crippen LogP contribution >= 0.6 is 23.4 Å². The highest BCUT2D eigenvalue weighted by atomic mass is 35.5. The van der Waals surface area contributed by atoms with Crippen molar-refractivity contribution < 1.29 is 18.1 Å². The first-order valence-electron chi connectivity index (χ1n) is 8.75. The van der Waals surface area contributed by atoms with Gasteiger partial charge in [0.25, 0.3) is 0 Å². The van der Waals surface area contributed by atoms with Crippen LogP contribution in [0.3, 0.4) is 0 Å². The Hall–Kier alpha value is -3.51. The molecule has 3 heterocycles. The first-order valence-corrected chi connectivity index (χ1v) is 9.94. The van der Waals surface area contributed by atoms with Gasteiger partial charge in [0.15, 0.2) is 10.8 Å². The molecule has 0 saturated carbocycles. The average Bonchev–Trinajstić information content (AvgIpc) is 2.74. The number of halogens is 4. The van der Waals surface area contributed by atoms with Crippen molar-refractivity contribution in [3.63, 3.8) is 0 Å². The van der Waals surface area contributed by atoms with Crippen LogP contribution in [0, 0.1) is 10.1 Å². The number of benzene rings is 1. The van der Waals surface area contributed by atoms with Crippen LogP contribution in [0.15, 0.2) is 65.0 Å². The van der Waals surface area contributed by atoms with Crippen LogP contribution in [0.1, 0.15) is 5.56 Å². The van der Waals surface area contributed by atoms with Gasteiger partial charge in [0.2, 0.25) is 5.82 Å². The molecular weight excluding hydrogens is 469 g/mol. The molecule has 1 aromatic carbocycles. The predicted octanol–water partition coefficient (Wildman–Crippen LogP) is 5.90. The third-order valence-electron chi connectivity index (χ3n) is 4.18. The monoisotopic (exact) mass is 478 g/mol. The molecule has 0 aliphatic rings. The van der Waals surface area contributed by atoms with Gasteiger partial charge in [-0.3, -0.25) is 15.1 Å². The normalized spacial score (nSPS) is 11.5. The number of anilines is 2. The summed E-state index contributed by atoms with van der Waals surface area (Å²) in [7, 11) is 0. The van der Waals surface area contributed by atoms with Gasteiger partial charge in [0, 0.05) is 22.7 Å². The van der Waals surface area contributed by atoms with Crippen molar-refractivity contribution >= 4 is 51.6 Å². The maximum Gasteiger partial charge on any atom is 0.417 e. The highest BCUT2D eigenvalue weighted by molar-refractivity contribution is 7.99. The Balaban J connectivity index is 1.72. The minimum Gasteiger partial charge on any atom is -0.318 e. The zero-order valence-electron chi connectivity index (χ0n) is 15.7. The van der Waals surface area contributed by atoms with Gasteiger partial charge in [-0.15, -0.1) is 0 Å². The number of para-hydroxylation sites is 1. The van der Waals surface area contributed by atoms with Crippen LogP contribution < -0.4 is 5.32 Å². The summed E-state index contributed by atoms with van der Waals surface area (Å²) in [6, 6.07) is 9.67. The number of hydrogen-bond donors (Lipinski definition) is 1. The van der Waals surface area contributed by atoms with E-state index in [-0.39, 0.29) is 21.7 Å². The number of rotatable bonds is 5. The fraction of sp³-hybridized carbons (Fsp3) is 0.0526. The molecule has 0 saturated heterocycles. The lowest BCUT2D eigenvalue weighted by Crippen LogP contribution is -2.08. The molecule has 32 heavy (non-hydrogen) atoms. The predicted molar refractivity (Wildman–Crippen MR) is 112 cm³/mol. The van der Waals surface area contributed by atoms with Crippen molar-refractivity contribution in [3.05, 3.63) is 75.8 Å². The molecule has 3 aromatic heterocycles. The van der Waals surface area contributed by atoms with E-state index in [2.05, 4.69) is 25.3 Å². The number of nitrogens with one attached hydrogen (secondary N) is 1. The van der Waals surface area contributed by atoms with Crippen LogP contribution in [0.5, 0.6) is 0 Å². The first-order chi connectivity index (χ1) is 15.2. The van der Waals surface area contributed by atoms with Crippen molar-refractivity contribution in [3.8, 4) is 0 Å². The molecule has 1 N–H and O–H groups in total. The molecule has 8 nitrogen and oxygen atoms in total. The van der Waals surface area contributed by atoms with E-state index in [1.807, 2.05) is 12.1 Å². The molecule has 0 atom stereocenters. The standard InChI is InChI=1S/C19H10ClF3N6O2S/c20-12-7-11(19(21,22)23)8-25-16(12)28-17-15(29(30)31)18(27-9-26-17)32-13-5-1-3-10-4-2-6-24-14(10)13/h1-9H,(H,25,26,27,28). The number of nitrogens with zero attached hydrogens (tertiary/aromatic N) is 5. The minimum atomic E-state index is -4.63. The van der Waals surface area contributed by atoms with Crippen LogP contribution in [-0.2, 0) is 6.18 Å². The summed E-state index contributed by atoms with van der Waals surface area (Å²) >= 11 is 6.91. The van der Waals surface area contributed by atoms with E-state index in [9.17, 15) is 23.3 Å². The van der Waals surface area contributed by atoms with E-state index < -0.39 is 22.4 Å². The number of pyridine rings is 2. The summed E-state index contributed by atoms with van der Waals surface area (Å²) in [5.41, 5.74) is -0.900. The molecule has 0 spiro atoms. The third-order valence-corrected chi connectivity index (χ3v) is 5.51. The van der Waals surface area contributed by atoms with Gasteiger partial charge >= 0.3 is 11.9 Å². The number of alkyl halides is 3. The molecule has 4 aromatic rings. The van der Waals surface area contributed by atoms with E-state index in [0.717, 1.165) is 23.5 Å². The largest absolute Gasteiger partial charge is 0.417 e. The van der Waals surface area contributed by atoms with Crippen molar-refractivity contribution in [1.82, 2.24) is 19.9 Å². The SMILES string of the molecule is O=[N+]([O-])c1c(Nc2ncc(C(F)(F)F)cc2Cl)ncnc1Sc1cccc2cccnc12. The number of nitro groups is 1. The highest BCUT2D eigenvalue weighted by Crippen LogP contribution is 2.40. The van der Waals surface area contributed by atoms with E-state index in [4.69, 9.17) is 11.6 Å². The van der Waals surface area contributed by atoms with E-state index in [1.165, 1.54) is 0 Å². The topological polar surface area (TPSA) is 107 Å². The Morgan fingerprint density at radius 1 is 1.06 bits per heavy atom. The highest BCUT2D eigenvalue weighted by Gasteiger charge is 2.32. The van der Waals surface area contributed by atoms with Gasteiger partial charge in [-0.05, 0) is 18.2 Å². The molecule has 0 amide bonds. The lowest BCUT2D eigenvalue weighted by Gasteiger charge is -2.11. The smallest absolute Gasteiger partial charge is 0.318 e. The van der Waals surface area contributed by atoms with Gasteiger partial charge in [-0.2, -0.15) is 13.2 Å². The Morgan fingerprint density at radius 2 is 1.84 bits per heavy atom. The second-order valence-electron chi connectivity index (χ2n) is 6.24. The fourth-order valence-corrected chi connectivity index (χ4v) is 3.96. The van der Waals surface area contributed by atoms with Crippen molar-refractivity contribution in [1.29, 1.82) is 0 Å². The van der Waals surface area contributed by atoms with Gasteiger partial charge < -0.3 is 5.32 Å². The molecule has 13 heteroatoms. The molecule has 0 radical (unpaired) electrons. The number of fused-ring (bicyclic) bond motifs is 1. The molecular formula is C19H10ClF3N6O2S. The number of aromatic nitrogens is 4. The van der Waals surface area contributed by atoms with Gasteiger partial charge in [0.1, 0.15) is 6.33 Å². The quantitative estimate of drug-likeness (QED) is 0.215. The molecule has 0 unspecified atom stereocenters. The Bertz CT molecular complexity index is 1330. The van der Waals surface area contributed by atoms with E-state index >= 15 is 0 Å². The van der Waals surface area contributed by atoms with Crippen LogP contribution in [0.2, 0.25) is 5.02 Å². The lowest BCUT2D eigenvalue weighted by molar-refractivity contribution is -0.387.